The Bertz CT molecular complexity index is 697. The summed E-state index contributed by atoms with van der Waals surface area (Å²) in [6, 6.07) is 20.0. The second-order valence-electron chi connectivity index (χ2n) is 4.51. The Morgan fingerprint density at radius 2 is 1.24 bits per heavy atom. The van der Waals surface area contributed by atoms with Crippen LogP contribution in [0.3, 0.4) is 0 Å². The fourth-order valence-corrected chi connectivity index (χ4v) is 1.98. The van der Waals surface area contributed by atoms with E-state index in [1.807, 2.05) is 60.7 Å². The number of aliphatic imine (C=N–C) groups is 1. The molecule has 1 heterocycles. The zero-order valence-corrected chi connectivity index (χ0v) is 11.3. The van der Waals surface area contributed by atoms with Gasteiger partial charge in [-0.2, -0.15) is 0 Å². The molecule has 2 aromatic carbocycles. The van der Waals surface area contributed by atoms with Crippen LogP contribution in [-0.4, -0.2) is 23.5 Å². The van der Waals surface area contributed by atoms with Crippen molar-refractivity contribution in [3.05, 3.63) is 84.2 Å². The number of aromatic nitrogens is 2. The molecule has 0 saturated heterocycles. The first-order chi connectivity index (χ1) is 10.3. The highest BCUT2D eigenvalue weighted by molar-refractivity contribution is 6.31. The van der Waals surface area contributed by atoms with Gasteiger partial charge in [-0.25, -0.2) is 15.0 Å². The van der Waals surface area contributed by atoms with Crippen molar-refractivity contribution in [1.29, 1.82) is 0 Å². The monoisotopic (exact) mass is 269 g/mol. The van der Waals surface area contributed by atoms with E-state index in [0.717, 1.165) is 16.8 Å². The largest absolute Gasteiger partial charge is 0.249 e. The minimum Gasteiger partial charge on any atom is -0.220 e. The maximum Gasteiger partial charge on any atom is 0.249 e. The molecule has 0 aliphatic heterocycles. The van der Waals surface area contributed by atoms with E-state index in [1.54, 1.807) is 12.4 Å². The summed E-state index contributed by atoms with van der Waals surface area (Å²) in [4.78, 5) is 12.9. The number of nitrogens with zero attached hydrogens (tertiary/aromatic N) is 3. The van der Waals surface area contributed by atoms with E-state index in [1.165, 1.54) is 0 Å². The summed E-state index contributed by atoms with van der Waals surface area (Å²) in [5, 5.41) is 0. The first kappa shape index (κ1) is 13.2. The lowest BCUT2D eigenvalue weighted by Gasteiger charge is -2.06. The molecule has 3 aromatic rings. The van der Waals surface area contributed by atoms with Gasteiger partial charge >= 0.3 is 0 Å². The van der Waals surface area contributed by atoms with E-state index < -0.39 is 0 Å². The zero-order valence-electron chi connectivity index (χ0n) is 11.3. The minimum absolute atomic E-state index is 0.395. The number of rotatable bonds is 3. The lowest BCUT2D eigenvalue weighted by Crippen LogP contribution is -2.06. The van der Waals surface area contributed by atoms with Crippen molar-refractivity contribution in [2.45, 2.75) is 0 Å². The van der Waals surface area contributed by atoms with Crippen molar-refractivity contribution in [3.63, 3.8) is 0 Å². The normalized spacial score (nSPS) is 10.1. The number of hydrogen-bond acceptors (Lipinski definition) is 3. The predicted molar refractivity (Wildman–Crippen MR) is 85.6 cm³/mol. The Balaban J connectivity index is 2.10. The minimum atomic E-state index is 0.395. The molecule has 0 aliphatic carbocycles. The van der Waals surface area contributed by atoms with Gasteiger partial charge in [-0.05, 0) is 0 Å². The van der Waals surface area contributed by atoms with Crippen LogP contribution in [-0.2, 0) is 0 Å². The second-order valence-corrected chi connectivity index (χ2v) is 4.51. The summed E-state index contributed by atoms with van der Waals surface area (Å²) < 4.78 is 0. The van der Waals surface area contributed by atoms with Crippen LogP contribution < -0.4 is 5.46 Å². The van der Waals surface area contributed by atoms with Crippen LogP contribution in [0, 0.1) is 0 Å². The summed E-state index contributed by atoms with van der Waals surface area (Å²) in [5.74, 6) is 0.395. The van der Waals surface area contributed by atoms with Gasteiger partial charge in [-0.1, -0.05) is 66.1 Å². The van der Waals surface area contributed by atoms with E-state index in [4.69, 9.17) is 7.85 Å². The summed E-state index contributed by atoms with van der Waals surface area (Å²) in [6.45, 7) is 0. The Hall–Kier alpha value is -2.75. The van der Waals surface area contributed by atoms with Gasteiger partial charge in [0.25, 0.3) is 0 Å². The summed E-state index contributed by atoms with van der Waals surface area (Å²) >= 11 is 0. The average molecular weight is 269 g/mol. The Morgan fingerprint density at radius 3 is 1.71 bits per heavy atom. The third-order valence-electron chi connectivity index (χ3n) is 2.96. The maximum atomic E-state index is 5.61. The molecule has 0 atom stereocenters. The van der Waals surface area contributed by atoms with Gasteiger partial charge in [0.2, 0.25) is 5.95 Å². The molecule has 98 valence electrons. The van der Waals surface area contributed by atoms with Crippen LogP contribution in [0.1, 0.15) is 11.1 Å². The first-order valence-corrected chi connectivity index (χ1v) is 6.60. The van der Waals surface area contributed by atoms with Crippen molar-refractivity contribution in [2.75, 3.05) is 0 Å². The third kappa shape index (κ3) is 3.23. The Labute approximate surface area is 124 Å². The SMILES string of the molecule is [B]c1cnc(N=C(c2ccccc2)c2ccccc2)nc1. The molecule has 0 amide bonds. The van der Waals surface area contributed by atoms with Gasteiger partial charge in [0.1, 0.15) is 7.85 Å². The molecular formula is C17H12BN3. The van der Waals surface area contributed by atoms with Crippen LogP contribution in [0.2, 0.25) is 0 Å². The van der Waals surface area contributed by atoms with Gasteiger partial charge in [-0.15, -0.1) is 0 Å². The Kier molecular flexibility index (Phi) is 3.87. The van der Waals surface area contributed by atoms with Gasteiger partial charge in [-0.3, -0.25) is 0 Å². The fraction of sp³-hybridized carbons (Fsp3) is 0. The highest BCUT2D eigenvalue weighted by atomic mass is 15.0. The molecule has 0 fully saturated rings. The zero-order chi connectivity index (χ0) is 14.5. The van der Waals surface area contributed by atoms with Crippen LogP contribution in [0.25, 0.3) is 0 Å². The highest BCUT2D eigenvalue weighted by Gasteiger charge is 2.07. The lowest BCUT2D eigenvalue weighted by atomic mass is 10.0. The molecule has 0 spiro atoms. The summed E-state index contributed by atoms with van der Waals surface area (Å²) in [6.07, 6.45) is 3.11. The highest BCUT2D eigenvalue weighted by Crippen LogP contribution is 2.14. The van der Waals surface area contributed by atoms with Crippen LogP contribution in [0.15, 0.2) is 78.0 Å². The molecule has 0 N–H and O–H groups in total. The van der Waals surface area contributed by atoms with Gasteiger partial charge in [0.05, 0.1) is 5.71 Å². The molecule has 21 heavy (non-hydrogen) atoms. The van der Waals surface area contributed by atoms with E-state index >= 15 is 0 Å². The number of hydrogen-bond donors (Lipinski definition) is 0. The molecule has 0 saturated carbocycles. The second kappa shape index (κ2) is 6.14. The molecule has 0 aliphatic rings. The molecule has 1 aromatic heterocycles. The van der Waals surface area contributed by atoms with Crippen LogP contribution >= 0.6 is 0 Å². The Morgan fingerprint density at radius 1 is 0.762 bits per heavy atom. The molecule has 3 nitrogen and oxygen atoms in total. The quantitative estimate of drug-likeness (QED) is 0.541. The molecule has 0 unspecified atom stereocenters. The summed E-state index contributed by atoms with van der Waals surface area (Å²) in [5.41, 5.74) is 3.39. The van der Waals surface area contributed by atoms with Crippen molar-refractivity contribution >= 4 is 25.0 Å². The van der Waals surface area contributed by atoms with Gasteiger partial charge in [0.15, 0.2) is 0 Å². The van der Waals surface area contributed by atoms with Crippen molar-refractivity contribution in [1.82, 2.24) is 9.97 Å². The van der Waals surface area contributed by atoms with E-state index in [-0.39, 0.29) is 0 Å². The van der Waals surface area contributed by atoms with Crippen molar-refractivity contribution < 1.29 is 0 Å². The smallest absolute Gasteiger partial charge is 0.220 e. The van der Waals surface area contributed by atoms with E-state index in [2.05, 4.69) is 15.0 Å². The third-order valence-corrected chi connectivity index (χ3v) is 2.96. The molecule has 4 heteroatoms. The number of benzene rings is 2. The molecule has 3 rings (SSSR count). The molecule has 2 radical (unpaired) electrons. The average Bonchev–Trinajstić information content (AvgIpc) is 2.56. The lowest BCUT2D eigenvalue weighted by molar-refractivity contribution is 1.15. The molecule has 0 bridgehead atoms. The maximum absolute atomic E-state index is 5.61. The predicted octanol–water partition coefficient (Wildman–Crippen LogP) is 2.44. The van der Waals surface area contributed by atoms with Gasteiger partial charge < -0.3 is 0 Å². The van der Waals surface area contributed by atoms with E-state index in [9.17, 15) is 0 Å². The van der Waals surface area contributed by atoms with Crippen molar-refractivity contribution in [2.24, 2.45) is 4.99 Å². The fourth-order valence-electron chi connectivity index (χ4n) is 1.98. The molecular weight excluding hydrogens is 257 g/mol. The first-order valence-electron chi connectivity index (χ1n) is 6.60. The van der Waals surface area contributed by atoms with E-state index in [0.29, 0.717) is 11.4 Å². The van der Waals surface area contributed by atoms with Crippen LogP contribution in [0.4, 0.5) is 5.95 Å². The topological polar surface area (TPSA) is 38.1 Å². The standard InChI is InChI=1S/C17H12BN3/c18-15-11-19-17(20-12-15)21-16(13-7-3-1-4-8-13)14-9-5-2-6-10-14/h1-12H. The van der Waals surface area contributed by atoms with Crippen LogP contribution in [0.5, 0.6) is 0 Å². The van der Waals surface area contributed by atoms with Crippen molar-refractivity contribution in [3.8, 4) is 0 Å². The summed E-state index contributed by atoms with van der Waals surface area (Å²) in [7, 11) is 5.61. The van der Waals surface area contributed by atoms with Gasteiger partial charge in [0, 0.05) is 23.5 Å².